The van der Waals surface area contributed by atoms with E-state index in [1.54, 1.807) is 0 Å². The lowest BCUT2D eigenvalue weighted by atomic mass is 10.2. The van der Waals surface area contributed by atoms with E-state index in [0.29, 0.717) is 12.2 Å². The van der Waals surface area contributed by atoms with Gasteiger partial charge in [0.2, 0.25) is 0 Å². The van der Waals surface area contributed by atoms with Crippen molar-refractivity contribution in [2.75, 3.05) is 0 Å². The van der Waals surface area contributed by atoms with Crippen LogP contribution in [-0.2, 0) is 4.74 Å². The van der Waals surface area contributed by atoms with Gasteiger partial charge in [-0.05, 0) is 0 Å². The molecular formula is C10H10Cl2F6O. The lowest BCUT2D eigenvalue weighted by Gasteiger charge is -2.33. The van der Waals surface area contributed by atoms with Crippen molar-refractivity contribution in [1.82, 2.24) is 0 Å². The van der Waals surface area contributed by atoms with E-state index in [1.165, 1.54) is 0 Å². The fourth-order valence-corrected chi connectivity index (χ4v) is 1.21. The molecular weight excluding hydrogens is 321 g/mol. The maximum Gasteiger partial charge on any atom is 0.408 e. The third kappa shape index (κ3) is 4.29. The van der Waals surface area contributed by atoms with Crippen LogP contribution in [0.4, 0.5) is 26.3 Å². The molecule has 0 aliphatic rings. The highest BCUT2D eigenvalue weighted by atomic mass is 35.5. The summed E-state index contributed by atoms with van der Waals surface area (Å²) >= 11 is 9.46. The number of hydrogen-bond donors (Lipinski definition) is 0. The molecule has 0 bridgehead atoms. The molecule has 0 aliphatic heterocycles. The standard InChI is InChI=1S/C10H10Cl2F6O/c1-3-5-7(11,13)9(15,16)19-10(17,18)8(12,14)6-4-2/h3-4H,1-2,5-6H2. The summed E-state index contributed by atoms with van der Waals surface area (Å²) < 4.78 is 82.0. The quantitative estimate of drug-likeness (QED) is 0.340. The molecule has 0 N–H and O–H groups in total. The van der Waals surface area contributed by atoms with E-state index in [2.05, 4.69) is 17.9 Å². The summed E-state index contributed by atoms with van der Waals surface area (Å²) in [7, 11) is 0. The van der Waals surface area contributed by atoms with Gasteiger partial charge in [0, 0.05) is 12.8 Å². The number of rotatable bonds is 8. The van der Waals surface area contributed by atoms with Crippen LogP contribution in [0.25, 0.3) is 0 Å². The van der Waals surface area contributed by atoms with Crippen molar-refractivity contribution in [2.45, 2.75) is 35.3 Å². The zero-order valence-electron chi connectivity index (χ0n) is 9.42. The van der Waals surface area contributed by atoms with Gasteiger partial charge >= 0.3 is 12.2 Å². The SMILES string of the molecule is C=CCC(F)(Cl)C(F)(F)OC(F)(F)C(F)(Cl)CC=C. The fourth-order valence-electron chi connectivity index (χ4n) is 0.911. The molecule has 0 heterocycles. The second-order valence-corrected chi connectivity index (χ2v) is 4.73. The normalized spacial score (nSPS) is 19.4. The molecule has 0 radical (unpaired) electrons. The van der Waals surface area contributed by atoms with Crippen molar-refractivity contribution >= 4 is 23.2 Å². The molecule has 0 fully saturated rings. The topological polar surface area (TPSA) is 9.23 Å². The first-order valence-corrected chi connectivity index (χ1v) is 5.52. The molecule has 0 saturated heterocycles. The van der Waals surface area contributed by atoms with Gasteiger partial charge in [-0.3, -0.25) is 0 Å². The molecule has 9 heteroatoms. The van der Waals surface area contributed by atoms with Gasteiger partial charge in [0.05, 0.1) is 0 Å². The number of alkyl halides is 8. The first-order valence-electron chi connectivity index (χ1n) is 4.76. The molecule has 0 aromatic carbocycles. The van der Waals surface area contributed by atoms with Crippen LogP contribution in [0, 0.1) is 0 Å². The van der Waals surface area contributed by atoms with Crippen molar-refractivity contribution in [3.63, 3.8) is 0 Å². The van der Waals surface area contributed by atoms with Gasteiger partial charge in [-0.15, -0.1) is 13.2 Å². The number of allylic oxidation sites excluding steroid dienone is 2. The minimum atomic E-state index is -5.19. The van der Waals surface area contributed by atoms with Crippen molar-refractivity contribution < 1.29 is 31.1 Å². The summed E-state index contributed by atoms with van der Waals surface area (Å²) in [5.74, 6) is 0. The molecule has 0 aliphatic carbocycles. The smallest absolute Gasteiger partial charge is 0.248 e. The molecule has 2 atom stereocenters. The van der Waals surface area contributed by atoms with Crippen LogP contribution in [0.5, 0.6) is 0 Å². The Bertz CT molecular complexity index is 311. The minimum absolute atomic E-state index is 0.621. The maximum absolute atomic E-state index is 13.3. The van der Waals surface area contributed by atoms with E-state index in [-0.39, 0.29) is 0 Å². The Morgan fingerprint density at radius 3 is 1.26 bits per heavy atom. The van der Waals surface area contributed by atoms with Crippen molar-refractivity contribution in [3.05, 3.63) is 25.3 Å². The Labute approximate surface area is 115 Å². The predicted molar refractivity (Wildman–Crippen MR) is 60.0 cm³/mol. The van der Waals surface area contributed by atoms with Gasteiger partial charge < -0.3 is 0 Å². The monoisotopic (exact) mass is 330 g/mol. The van der Waals surface area contributed by atoms with Crippen molar-refractivity contribution in [3.8, 4) is 0 Å². The molecule has 19 heavy (non-hydrogen) atoms. The van der Waals surface area contributed by atoms with Crippen LogP contribution in [0.15, 0.2) is 25.3 Å². The molecule has 1 nitrogen and oxygen atoms in total. The predicted octanol–water partition coefficient (Wildman–Crippen LogP) is 5.15. The number of hydrogen-bond acceptors (Lipinski definition) is 1. The van der Waals surface area contributed by atoms with Crippen LogP contribution >= 0.6 is 23.2 Å². The summed E-state index contributed by atoms with van der Waals surface area (Å²) in [6.45, 7) is 5.84. The van der Waals surface area contributed by atoms with E-state index in [1.807, 2.05) is 0 Å². The maximum atomic E-state index is 13.3. The summed E-state index contributed by atoms with van der Waals surface area (Å²) in [5.41, 5.74) is 0. The van der Waals surface area contributed by atoms with Gasteiger partial charge in [-0.1, -0.05) is 35.4 Å². The average Bonchev–Trinajstić information content (AvgIpc) is 2.14. The van der Waals surface area contributed by atoms with E-state index in [0.717, 1.165) is 0 Å². The molecule has 0 amide bonds. The van der Waals surface area contributed by atoms with Crippen LogP contribution in [0.2, 0.25) is 0 Å². The molecule has 0 saturated carbocycles. The Hall–Kier alpha value is -0.400. The van der Waals surface area contributed by atoms with Gasteiger partial charge in [0.25, 0.3) is 10.3 Å². The van der Waals surface area contributed by atoms with Crippen LogP contribution in [0.3, 0.4) is 0 Å². The van der Waals surface area contributed by atoms with Crippen molar-refractivity contribution in [2.24, 2.45) is 0 Å². The summed E-state index contributed by atoms with van der Waals surface area (Å²) in [5, 5.41) is -8.03. The highest BCUT2D eigenvalue weighted by molar-refractivity contribution is 6.24. The highest BCUT2D eigenvalue weighted by Gasteiger charge is 2.65. The van der Waals surface area contributed by atoms with Crippen LogP contribution in [-0.4, -0.2) is 22.5 Å². The largest absolute Gasteiger partial charge is 0.408 e. The van der Waals surface area contributed by atoms with Crippen LogP contribution in [0.1, 0.15) is 12.8 Å². The average molecular weight is 331 g/mol. The molecule has 0 aromatic heterocycles. The zero-order chi connectivity index (χ0) is 15.5. The van der Waals surface area contributed by atoms with E-state index >= 15 is 0 Å². The third-order valence-electron chi connectivity index (χ3n) is 1.91. The van der Waals surface area contributed by atoms with Gasteiger partial charge in [0.15, 0.2) is 0 Å². The lowest BCUT2D eigenvalue weighted by molar-refractivity contribution is -0.417. The fraction of sp³-hybridized carbons (Fsp3) is 0.600. The Morgan fingerprint density at radius 2 is 1.05 bits per heavy atom. The second kappa shape index (κ2) is 5.93. The summed E-state index contributed by atoms with van der Waals surface area (Å²) in [6, 6.07) is 0. The summed E-state index contributed by atoms with van der Waals surface area (Å²) in [6.07, 6.45) is -11.6. The van der Waals surface area contributed by atoms with Gasteiger partial charge in [-0.2, -0.15) is 17.6 Å². The summed E-state index contributed by atoms with van der Waals surface area (Å²) in [4.78, 5) is 0. The van der Waals surface area contributed by atoms with E-state index in [9.17, 15) is 26.3 Å². The molecule has 2 unspecified atom stereocenters. The number of ether oxygens (including phenoxy) is 1. The molecule has 0 spiro atoms. The second-order valence-electron chi connectivity index (χ2n) is 3.53. The number of halogens is 8. The van der Waals surface area contributed by atoms with E-state index < -0.39 is 35.3 Å². The van der Waals surface area contributed by atoms with Gasteiger partial charge in [-0.25, -0.2) is 13.5 Å². The third-order valence-corrected chi connectivity index (χ3v) is 2.66. The Kier molecular flexibility index (Phi) is 5.80. The van der Waals surface area contributed by atoms with Crippen molar-refractivity contribution in [1.29, 1.82) is 0 Å². The highest BCUT2D eigenvalue weighted by Crippen LogP contribution is 2.48. The minimum Gasteiger partial charge on any atom is -0.248 e. The first kappa shape index (κ1) is 18.6. The Morgan fingerprint density at radius 1 is 0.789 bits per heavy atom. The lowest BCUT2D eigenvalue weighted by Crippen LogP contribution is -2.52. The van der Waals surface area contributed by atoms with Crippen LogP contribution < -0.4 is 0 Å². The van der Waals surface area contributed by atoms with E-state index in [4.69, 9.17) is 23.2 Å². The Balaban J connectivity index is 5.19. The molecule has 0 rings (SSSR count). The first-order chi connectivity index (χ1) is 8.33. The molecule has 0 aromatic rings. The molecule has 112 valence electrons. The van der Waals surface area contributed by atoms with Gasteiger partial charge in [0.1, 0.15) is 0 Å². The zero-order valence-corrected chi connectivity index (χ0v) is 10.9.